The highest BCUT2D eigenvalue weighted by Gasteiger charge is 2.03. The Hall–Kier alpha value is -2.20. The lowest BCUT2D eigenvalue weighted by Crippen LogP contribution is -1.99. The molecule has 0 saturated carbocycles. The quantitative estimate of drug-likeness (QED) is 0.781. The van der Waals surface area contributed by atoms with E-state index in [0.717, 1.165) is 28.5 Å². The molecule has 2 heterocycles. The van der Waals surface area contributed by atoms with Crippen LogP contribution in [0.3, 0.4) is 0 Å². The fourth-order valence-electron chi connectivity index (χ4n) is 1.95. The van der Waals surface area contributed by atoms with Crippen molar-refractivity contribution in [3.8, 4) is 10.6 Å². The van der Waals surface area contributed by atoms with Gasteiger partial charge in [-0.1, -0.05) is 12.1 Å². The van der Waals surface area contributed by atoms with Gasteiger partial charge in [-0.25, -0.2) is 4.98 Å². The van der Waals surface area contributed by atoms with Gasteiger partial charge in [-0.3, -0.25) is 4.98 Å². The molecule has 0 radical (unpaired) electrons. The smallest absolute Gasteiger partial charge is 0.123 e. The molecule has 0 aliphatic rings. The Balaban J connectivity index is 1.75. The molecule has 0 saturated heterocycles. The molecule has 3 rings (SSSR count). The number of rotatable bonds is 4. The minimum Gasteiger partial charge on any atom is -0.381 e. The minimum absolute atomic E-state index is 0.795. The Morgan fingerprint density at radius 3 is 2.75 bits per heavy atom. The third kappa shape index (κ3) is 3.03. The lowest BCUT2D eigenvalue weighted by Gasteiger charge is -2.07. The Morgan fingerprint density at radius 1 is 1.15 bits per heavy atom. The van der Waals surface area contributed by atoms with Gasteiger partial charge in [0.1, 0.15) is 5.01 Å². The summed E-state index contributed by atoms with van der Waals surface area (Å²) in [6.45, 7) is 2.81. The number of hydrogen-bond donors (Lipinski definition) is 1. The lowest BCUT2D eigenvalue weighted by molar-refractivity contribution is 1.13. The van der Waals surface area contributed by atoms with Gasteiger partial charge in [-0.2, -0.15) is 0 Å². The van der Waals surface area contributed by atoms with Gasteiger partial charge in [0.05, 0.1) is 0 Å². The van der Waals surface area contributed by atoms with Crippen LogP contribution in [0.25, 0.3) is 10.6 Å². The summed E-state index contributed by atoms with van der Waals surface area (Å²) in [5.41, 5.74) is 4.55. The highest BCUT2D eigenvalue weighted by Crippen LogP contribution is 2.25. The third-order valence-electron chi connectivity index (χ3n) is 2.97. The molecular weight excluding hydrogens is 266 g/mol. The Kier molecular flexibility index (Phi) is 3.74. The molecule has 0 bridgehead atoms. The van der Waals surface area contributed by atoms with Crippen LogP contribution >= 0.6 is 11.3 Å². The number of nitrogens with zero attached hydrogens (tertiary/aromatic N) is 2. The second kappa shape index (κ2) is 5.84. The van der Waals surface area contributed by atoms with Crippen LogP contribution in [0.15, 0.2) is 54.2 Å². The molecule has 3 nitrogen and oxygen atoms in total. The molecule has 0 aliphatic heterocycles. The second-order valence-electron chi connectivity index (χ2n) is 4.58. The zero-order valence-corrected chi connectivity index (χ0v) is 12.0. The number of hydrogen-bond acceptors (Lipinski definition) is 4. The second-order valence-corrected chi connectivity index (χ2v) is 5.44. The monoisotopic (exact) mass is 281 g/mol. The molecule has 100 valence electrons. The molecule has 0 unspecified atom stereocenters. The molecule has 20 heavy (non-hydrogen) atoms. The average Bonchev–Trinajstić information content (AvgIpc) is 2.93. The average molecular weight is 281 g/mol. The maximum Gasteiger partial charge on any atom is 0.123 e. The van der Waals surface area contributed by atoms with E-state index >= 15 is 0 Å². The van der Waals surface area contributed by atoms with E-state index in [2.05, 4.69) is 44.9 Å². The normalized spacial score (nSPS) is 10.4. The number of aromatic nitrogens is 2. The van der Waals surface area contributed by atoms with Crippen molar-refractivity contribution >= 4 is 17.0 Å². The Labute approximate surface area is 122 Å². The topological polar surface area (TPSA) is 37.8 Å². The van der Waals surface area contributed by atoms with Crippen molar-refractivity contribution in [2.24, 2.45) is 0 Å². The molecule has 3 aromatic rings. The molecule has 0 amide bonds. The van der Waals surface area contributed by atoms with Crippen LogP contribution in [-0.4, -0.2) is 9.97 Å². The van der Waals surface area contributed by atoms with Crippen molar-refractivity contribution in [3.05, 3.63) is 65.4 Å². The summed E-state index contributed by atoms with van der Waals surface area (Å²) in [6.07, 6.45) is 3.62. The zero-order valence-electron chi connectivity index (χ0n) is 11.2. The van der Waals surface area contributed by atoms with Gasteiger partial charge in [0.2, 0.25) is 0 Å². The Morgan fingerprint density at radius 2 is 2.00 bits per heavy atom. The van der Waals surface area contributed by atoms with E-state index in [-0.39, 0.29) is 0 Å². The van der Waals surface area contributed by atoms with Crippen molar-refractivity contribution in [1.29, 1.82) is 0 Å². The summed E-state index contributed by atoms with van der Waals surface area (Å²) in [5.74, 6) is 0. The van der Waals surface area contributed by atoms with Gasteiger partial charge < -0.3 is 5.32 Å². The van der Waals surface area contributed by atoms with Gasteiger partial charge in [0.15, 0.2) is 0 Å². The van der Waals surface area contributed by atoms with Gasteiger partial charge in [-0.05, 0) is 36.8 Å². The molecular formula is C16H15N3S. The zero-order chi connectivity index (χ0) is 13.8. The van der Waals surface area contributed by atoms with Crippen molar-refractivity contribution < 1.29 is 0 Å². The number of nitrogens with one attached hydrogen (secondary N) is 1. The third-order valence-corrected chi connectivity index (χ3v) is 3.98. The van der Waals surface area contributed by atoms with E-state index in [0.29, 0.717) is 0 Å². The first kappa shape index (κ1) is 12.8. The molecule has 0 aliphatic carbocycles. The molecule has 0 fully saturated rings. The predicted molar refractivity (Wildman–Crippen MR) is 83.9 cm³/mol. The standard InChI is InChI=1S/C16H15N3S/c1-12-11-20-16(19-12)14-3-2-4-15(9-14)18-10-13-5-7-17-8-6-13/h2-9,11,18H,10H2,1H3. The maximum atomic E-state index is 4.52. The summed E-state index contributed by atoms with van der Waals surface area (Å²) >= 11 is 1.68. The minimum atomic E-state index is 0.795. The van der Waals surface area contributed by atoms with Crippen LogP contribution in [-0.2, 0) is 6.54 Å². The summed E-state index contributed by atoms with van der Waals surface area (Å²) in [4.78, 5) is 8.54. The predicted octanol–water partition coefficient (Wildman–Crippen LogP) is 4.13. The number of pyridine rings is 1. The summed E-state index contributed by atoms with van der Waals surface area (Å²) in [6, 6.07) is 12.4. The fraction of sp³-hybridized carbons (Fsp3) is 0.125. The first-order chi connectivity index (χ1) is 9.81. The van der Waals surface area contributed by atoms with E-state index in [1.165, 1.54) is 5.56 Å². The lowest BCUT2D eigenvalue weighted by atomic mass is 10.2. The van der Waals surface area contributed by atoms with E-state index in [1.807, 2.05) is 31.5 Å². The molecule has 0 spiro atoms. The number of thiazole rings is 1. The first-order valence-electron chi connectivity index (χ1n) is 6.46. The summed E-state index contributed by atoms with van der Waals surface area (Å²) in [7, 11) is 0. The van der Waals surface area contributed by atoms with Crippen molar-refractivity contribution in [2.75, 3.05) is 5.32 Å². The maximum absolute atomic E-state index is 4.52. The van der Waals surface area contributed by atoms with Crippen molar-refractivity contribution in [3.63, 3.8) is 0 Å². The number of aryl methyl sites for hydroxylation is 1. The fourth-order valence-corrected chi connectivity index (χ4v) is 2.75. The van der Waals surface area contributed by atoms with Crippen LogP contribution in [0.4, 0.5) is 5.69 Å². The van der Waals surface area contributed by atoms with E-state index in [4.69, 9.17) is 0 Å². The van der Waals surface area contributed by atoms with Crippen LogP contribution in [0, 0.1) is 6.92 Å². The summed E-state index contributed by atoms with van der Waals surface area (Å²) in [5, 5.41) is 6.57. The van der Waals surface area contributed by atoms with Crippen LogP contribution in [0.2, 0.25) is 0 Å². The largest absolute Gasteiger partial charge is 0.381 e. The van der Waals surface area contributed by atoms with Crippen molar-refractivity contribution in [1.82, 2.24) is 9.97 Å². The van der Waals surface area contributed by atoms with E-state index in [9.17, 15) is 0 Å². The highest BCUT2D eigenvalue weighted by molar-refractivity contribution is 7.13. The van der Waals surface area contributed by atoms with Crippen LogP contribution in [0.1, 0.15) is 11.3 Å². The highest BCUT2D eigenvalue weighted by atomic mass is 32.1. The van der Waals surface area contributed by atoms with Crippen LogP contribution < -0.4 is 5.32 Å². The number of benzene rings is 1. The Bertz CT molecular complexity index is 692. The van der Waals surface area contributed by atoms with E-state index < -0.39 is 0 Å². The van der Waals surface area contributed by atoms with Gasteiger partial charge in [-0.15, -0.1) is 11.3 Å². The van der Waals surface area contributed by atoms with Crippen LogP contribution in [0.5, 0.6) is 0 Å². The van der Waals surface area contributed by atoms with Gasteiger partial charge in [0.25, 0.3) is 0 Å². The molecule has 2 aromatic heterocycles. The molecule has 4 heteroatoms. The van der Waals surface area contributed by atoms with Crippen molar-refractivity contribution in [2.45, 2.75) is 13.5 Å². The SMILES string of the molecule is Cc1csc(-c2cccc(NCc3ccncc3)c2)n1. The summed E-state index contributed by atoms with van der Waals surface area (Å²) < 4.78 is 0. The molecule has 1 aromatic carbocycles. The number of anilines is 1. The molecule has 0 atom stereocenters. The van der Waals surface area contributed by atoms with E-state index in [1.54, 1.807) is 11.3 Å². The first-order valence-corrected chi connectivity index (χ1v) is 7.34. The van der Waals surface area contributed by atoms with Gasteiger partial charge in [0, 0.05) is 41.3 Å². The van der Waals surface area contributed by atoms with Gasteiger partial charge >= 0.3 is 0 Å². The molecule has 1 N–H and O–H groups in total.